The van der Waals surface area contributed by atoms with Crippen molar-refractivity contribution in [3.8, 4) is 6.07 Å². The van der Waals surface area contributed by atoms with Gasteiger partial charge in [-0.25, -0.2) is 0 Å². The van der Waals surface area contributed by atoms with Gasteiger partial charge >= 0.3 is 0 Å². The number of amides is 1. The molecular formula is C18H17Cl2N3OS. The number of thiophene rings is 1. The lowest BCUT2D eigenvalue weighted by Crippen LogP contribution is -2.29. The molecule has 0 saturated heterocycles. The molecule has 1 aromatic carbocycles. The Kier molecular flexibility index (Phi) is 5.65. The van der Waals surface area contributed by atoms with Crippen molar-refractivity contribution in [2.75, 3.05) is 18.9 Å². The lowest BCUT2D eigenvalue weighted by atomic mass is 10.1. The SMILES string of the molecule is CN(CC(=O)Nc1sc2c(c1C#N)CCC2)Cc1cccc(Cl)c1Cl. The van der Waals surface area contributed by atoms with Crippen LogP contribution in [0.2, 0.25) is 10.0 Å². The molecule has 0 bridgehead atoms. The zero-order chi connectivity index (χ0) is 18.0. The number of carbonyl (C=O) groups is 1. The molecule has 1 N–H and O–H groups in total. The van der Waals surface area contributed by atoms with E-state index in [0.29, 0.717) is 27.2 Å². The maximum atomic E-state index is 12.3. The van der Waals surface area contributed by atoms with Crippen LogP contribution in [0, 0.1) is 11.3 Å². The summed E-state index contributed by atoms with van der Waals surface area (Å²) < 4.78 is 0. The Balaban J connectivity index is 1.63. The van der Waals surface area contributed by atoms with Crippen LogP contribution in [0.4, 0.5) is 5.00 Å². The molecular weight excluding hydrogens is 377 g/mol. The second-order valence-electron chi connectivity index (χ2n) is 6.11. The van der Waals surface area contributed by atoms with Crippen LogP contribution in [0.15, 0.2) is 18.2 Å². The number of halogens is 2. The number of nitrogens with one attached hydrogen (secondary N) is 1. The van der Waals surface area contributed by atoms with Crippen molar-refractivity contribution in [1.82, 2.24) is 4.90 Å². The third-order valence-corrected chi connectivity index (χ3v) is 6.24. The first-order valence-corrected chi connectivity index (χ1v) is 9.52. The average Bonchev–Trinajstić information content (AvgIpc) is 3.12. The normalized spacial score (nSPS) is 12.9. The Labute approximate surface area is 161 Å². The van der Waals surface area contributed by atoms with E-state index in [4.69, 9.17) is 23.2 Å². The van der Waals surface area contributed by atoms with Gasteiger partial charge in [-0.05, 0) is 43.5 Å². The van der Waals surface area contributed by atoms with Gasteiger partial charge in [0.05, 0.1) is 22.2 Å². The monoisotopic (exact) mass is 393 g/mol. The highest BCUT2D eigenvalue weighted by molar-refractivity contribution is 7.16. The van der Waals surface area contributed by atoms with Crippen LogP contribution in [0.25, 0.3) is 0 Å². The third-order valence-electron chi connectivity index (χ3n) is 4.17. The van der Waals surface area contributed by atoms with E-state index in [9.17, 15) is 10.1 Å². The van der Waals surface area contributed by atoms with Gasteiger partial charge in [0.25, 0.3) is 0 Å². The topological polar surface area (TPSA) is 56.1 Å². The van der Waals surface area contributed by atoms with E-state index in [1.165, 1.54) is 16.2 Å². The van der Waals surface area contributed by atoms with Crippen molar-refractivity contribution in [3.63, 3.8) is 0 Å². The van der Waals surface area contributed by atoms with E-state index in [2.05, 4.69) is 11.4 Å². The third kappa shape index (κ3) is 3.99. The van der Waals surface area contributed by atoms with Crippen LogP contribution in [0.5, 0.6) is 0 Å². The van der Waals surface area contributed by atoms with Gasteiger partial charge in [0.1, 0.15) is 11.1 Å². The van der Waals surface area contributed by atoms with Gasteiger partial charge in [0.2, 0.25) is 5.91 Å². The van der Waals surface area contributed by atoms with Gasteiger partial charge < -0.3 is 5.32 Å². The highest BCUT2D eigenvalue weighted by Gasteiger charge is 2.23. The Morgan fingerprint density at radius 3 is 2.96 bits per heavy atom. The minimum Gasteiger partial charge on any atom is -0.315 e. The molecule has 130 valence electrons. The lowest BCUT2D eigenvalue weighted by Gasteiger charge is -2.17. The number of anilines is 1. The molecule has 0 unspecified atom stereocenters. The molecule has 0 aliphatic heterocycles. The van der Waals surface area contributed by atoms with Crippen LogP contribution in [-0.2, 0) is 24.2 Å². The van der Waals surface area contributed by atoms with Crippen LogP contribution >= 0.6 is 34.5 Å². The molecule has 0 radical (unpaired) electrons. The molecule has 1 aliphatic rings. The van der Waals surface area contributed by atoms with Crippen LogP contribution in [-0.4, -0.2) is 24.4 Å². The molecule has 1 heterocycles. The summed E-state index contributed by atoms with van der Waals surface area (Å²) >= 11 is 13.7. The molecule has 1 aromatic heterocycles. The number of hydrogen-bond donors (Lipinski definition) is 1. The first-order valence-electron chi connectivity index (χ1n) is 7.95. The Morgan fingerprint density at radius 2 is 2.20 bits per heavy atom. The number of rotatable bonds is 5. The number of fused-ring (bicyclic) bond motifs is 1. The number of carbonyl (C=O) groups excluding carboxylic acids is 1. The van der Waals surface area contributed by atoms with Crippen molar-refractivity contribution in [1.29, 1.82) is 5.26 Å². The van der Waals surface area contributed by atoms with Crippen molar-refractivity contribution in [3.05, 3.63) is 49.8 Å². The van der Waals surface area contributed by atoms with Crippen LogP contribution in [0.3, 0.4) is 0 Å². The molecule has 0 saturated carbocycles. The van der Waals surface area contributed by atoms with Gasteiger partial charge in [0.15, 0.2) is 0 Å². The van der Waals surface area contributed by atoms with Gasteiger partial charge in [-0.3, -0.25) is 9.69 Å². The molecule has 0 atom stereocenters. The molecule has 2 aromatic rings. The standard InChI is InChI=1S/C18H17Cl2N3OS/c1-23(9-11-4-2-6-14(19)17(11)20)10-16(24)22-18-13(8-21)12-5-3-7-15(12)25-18/h2,4,6H,3,5,7,9-10H2,1H3,(H,22,24). The summed E-state index contributed by atoms with van der Waals surface area (Å²) in [6.45, 7) is 0.717. The Morgan fingerprint density at radius 1 is 1.40 bits per heavy atom. The second kappa shape index (κ2) is 7.76. The molecule has 1 aliphatic carbocycles. The van der Waals surface area contributed by atoms with E-state index in [1.54, 1.807) is 6.07 Å². The number of likely N-dealkylation sites (N-methyl/N-ethyl adjacent to an activating group) is 1. The van der Waals surface area contributed by atoms with E-state index in [0.717, 1.165) is 30.4 Å². The second-order valence-corrected chi connectivity index (χ2v) is 8.00. The summed E-state index contributed by atoms with van der Waals surface area (Å²) in [7, 11) is 1.84. The lowest BCUT2D eigenvalue weighted by molar-refractivity contribution is -0.117. The van der Waals surface area contributed by atoms with E-state index in [-0.39, 0.29) is 12.5 Å². The maximum absolute atomic E-state index is 12.3. The smallest absolute Gasteiger partial charge is 0.239 e. The van der Waals surface area contributed by atoms with Crippen molar-refractivity contribution >= 4 is 45.4 Å². The fourth-order valence-electron chi connectivity index (χ4n) is 3.04. The fourth-order valence-corrected chi connectivity index (χ4v) is 4.67. The molecule has 25 heavy (non-hydrogen) atoms. The molecule has 3 rings (SSSR count). The van der Waals surface area contributed by atoms with Crippen molar-refractivity contribution < 1.29 is 4.79 Å². The van der Waals surface area contributed by atoms with Crippen LogP contribution < -0.4 is 5.32 Å². The average molecular weight is 394 g/mol. The largest absolute Gasteiger partial charge is 0.315 e. The maximum Gasteiger partial charge on any atom is 0.239 e. The number of aryl methyl sites for hydroxylation is 1. The summed E-state index contributed by atoms with van der Waals surface area (Å²) in [6, 6.07) is 7.70. The van der Waals surface area contributed by atoms with E-state index < -0.39 is 0 Å². The van der Waals surface area contributed by atoms with Crippen molar-refractivity contribution in [2.24, 2.45) is 0 Å². The predicted molar refractivity (Wildman–Crippen MR) is 102 cm³/mol. The molecule has 4 nitrogen and oxygen atoms in total. The minimum atomic E-state index is -0.142. The van der Waals surface area contributed by atoms with Gasteiger partial charge in [-0.15, -0.1) is 11.3 Å². The summed E-state index contributed by atoms with van der Waals surface area (Å²) in [5.74, 6) is -0.142. The quantitative estimate of drug-likeness (QED) is 0.813. The summed E-state index contributed by atoms with van der Waals surface area (Å²) in [5.41, 5.74) is 2.62. The summed E-state index contributed by atoms with van der Waals surface area (Å²) in [6.07, 6.45) is 3.02. The van der Waals surface area contributed by atoms with Crippen molar-refractivity contribution in [2.45, 2.75) is 25.8 Å². The zero-order valence-electron chi connectivity index (χ0n) is 13.7. The molecule has 0 spiro atoms. The first-order chi connectivity index (χ1) is 12.0. The fraction of sp³-hybridized carbons (Fsp3) is 0.333. The minimum absolute atomic E-state index is 0.142. The predicted octanol–water partition coefficient (Wildman–Crippen LogP) is 4.49. The number of nitriles is 1. The Bertz CT molecular complexity index is 857. The van der Waals surface area contributed by atoms with Gasteiger partial charge in [-0.2, -0.15) is 5.26 Å². The molecule has 1 amide bonds. The molecule has 0 fully saturated rings. The summed E-state index contributed by atoms with van der Waals surface area (Å²) in [5, 5.41) is 14.0. The number of benzene rings is 1. The van der Waals surface area contributed by atoms with Crippen LogP contribution in [0.1, 0.15) is 28.0 Å². The summed E-state index contributed by atoms with van der Waals surface area (Å²) in [4.78, 5) is 15.4. The van der Waals surface area contributed by atoms with Gasteiger partial charge in [-0.1, -0.05) is 35.3 Å². The molecule has 7 heteroatoms. The number of hydrogen-bond acceptors (Lipinski definition) is 4. The highest BCUT2D eigenvalue weighted by atomic mass is 35.5. The van der Waals surface area contributed by atoms with E-state index in [1.807, 2.05) is 24.1 Å². The first kappa shape index (κ1) is 18.2. The Hall–Kier alpha value is -1.58. The zero-order valence-corrected chi connectivity index (χ0v) is 16.1. The number of nitrogens with zero attached hydrogens (tertiary/aromatic N) is 2. The highest BCUT2D eigenvalue weighted by Crippen LogP contribution is 2.38. The van der Waals surface area contributed by atoms with E-state index >= 15 is 0 Å². The van der Waals surface area contributed by atoms with Gasteiger partial charge in [0, 0.05) is 11.4 Å².